The molecule has 8 heteroatoms. The van der Waals surface area contributed by atoms with Gasteiger partial charge >= 0.3 is 0 Å². The molecule has 0 aromatic rings. The zero-order chi connectivity index (χ0) is 24.1. The molecule has 7 nitrogen and oxygen atoms in total. The molecule has 0 saturated heterocycles. The van der Waals surface area contributed by atoms with Crippen LogP contribution < -0.4 is 5.32 Å². The molecule has 0 aliphatic heterocycles. The minimum absolute atomic E-state index is 0.423. The Morgan fingerprint density at radius 2 is 1.16 bits per heavy atom. The van der Waals surface area contributed by atoms with E-state index in [2.05, 4.69) is 16.4 Å². The van der Waals surface area contributed by atoms with Gasteiger partial charge in [-0.1, -0.05) is 103 Å². The van der Waals surface area contributed by atoms with Crippen molar-refractivity contribution < 1.29 is 26.9 Å². The lowest BCUT2D eigenvalue weighted by Crippen LogP contribution is -2.41. The summed E-state index contributed by atoms with van der Waals surface area (Å²) < 4.78 is 31.4. The molecule has 0 rings (SSSR count). The highest BCUT2D eigenvalue weighted by molar-refractivity contribution is 7.85. The minimum atomic E-state index is -3.70. The smallest absolute Gasteiger partial charge is 0.290 e. The molecule has 190 valence electrons. The van der Waals surface area contributed by atoms with Crippen molar-refractivity contribution in [2.24, 2.45) is 0 Å². The molecule has 0 saturated carbocycles. The van der Waals surface area contributed by atoms with Gasteiger partial charge in [0.2, 0.25) is 0 Å². The Bertz CT molecular complexity index is 579. The summed E-state index contributed by atoms with van der Waals surface area (Å²) in [6, 6.07) is 0. The van der Waals surface area contributed by atoms with Gasteiger partial charge < -0.3 is 10.1 Å². The van der Waals surface area contributed by atoms with Gasteiger partial charge in [0, 0.05) is 13.7 Å². The first kappa shape index (κ1) is 31.0. The van der Waals surface area contributed by atoms with Crippen LogP contribution in [0.25, 0.3) is 0 Å². The number of carbonyl (C=O) groups excluding carboxylic acids is 2. The Balaban J connectivity index is 3.52. The average Bonchev–Trinajstić information content (AvgIpc) is 2.75. The van der Waals surface area contributed by atoms with Crippen LogP contribution in [0.1, 0.15) is 110 Å². The van der Waals surface area contributed by atoms with Gasteiger partial charge in [0.1, 0.15) is 12.7 Å². The van der Waals surface area contributed by atoms with Crippen molar-refractivity contribution >= 4 is 21.8 Å². The molecule has 0 bridgehead atoms. The minimum Gasteiger partial charge on any atom is -0.371 e. The summed E-state index contributed by atoms with van der Waals surface area (Å²) in [7, 11) is -2.46. The predicted molar refractivity (Wildman–Crippen MR) is 129 cm³/mol. The number of nitrogens with one attached hydrogen (secondary N) is 1. The summed E-state index contributed by atoms with van der Waals surface area (Å²) in [4.78, 5) is 23.9. The van der Waals surface area contributed by atoms with E-state index in [4.69, 9.17) is 4.74 Å². The van der Waals surface area contributed by atoms with Crippen LogP contribution in [-0.2, 0) is 28.6 Å². The van der Waals surface area contributed by atoms with Crippen LogP contribution in [0.15, 0.2) is 0 Å². The van der Waals surface area contributed by atoms with Gasteiger partial charge in [-0.2, -0.15) is 8.42 Å². The normalized spacial score (nSPS) is 12.6. The molecule has 0 aromatic carbocycles. The summed E-state index contributed by atoms with van der Waals surface area (Å²) in [6.45, 7) is 2.18. The van der Waals surface area contributed by atoms with Crippen molar-refractivity contribution in [3.8, 4) is 0 Å². The van der Waals surface area contributed by atoms with Crippen molar-refractivity contribution in [3.63, 3.8) is 0 Å². The largest absolute Gasteiger partial charge is 0.371 e. The Hall–Kier alpha value is -0.990. The van der Waals surface area contributed by atoms with Crippen molar-refractivity contribution in [1.82, 2.24) is 5.32 Å². The first-order chi connectivity index (χ1) is 15.3. The number of rotatable bonds is 23. The summed E-state index contributed by atoms with van der Waals surface area (Å²) in [6.07, 6.45) is 20.1. The molecule has 1 atom stereocenters. The van der Waals surface area contributed by atoms with Gasteiger partial charge in [0.15, 0.2) is 0 Å². The number of Topliss-reactive ketones (excluding diaryl/α,β-unsaturated/α-hetero) is 1. The second-order valence-electron chi connectivity index (χ2n) is 8.64. The van der Waals surface area contributed by atoms with E-state index in [1.54, 1.807) is 0 Å². The second-order valence-corrected chi connectivity index (χ2v) is 10.3. The standard InChI is InChI=1S/C24H47NO6S/c1-4-5-6-7-8-9-10-11-12-13-14-15-16-17-18-19-20-25-24(27)23(26)22(30-2)21-31-32(3,28)29/h22H,4-21H2,1-3H3,(H,25,27). The van der Waals surface area contributed by atoms with Crippen LogP contribution in [0.3, 0.4) is 0 Å². The highest BCUT2D eigenvalue weighted by Gasteiger charge is 2.26. The van der Waals surface area contributed by atoms with Gasteiger partial charge in [0.25, 0.3) is 21.8 Å². The molecule has 0 aliphatic rings. The van der Waals surface area contributed by atoms with Crippen molar-refractivity contribution in [1.29, 1.82) is 0 Å². The Kier molecular flexibility index (Phi) is 20.0. The zero-order valence-electron chi connectivity index (χ0n) is 20.7. The summed E-state index contributed by atoms with van der Waals surface area (Å²) >= 11 is 0. The maximum atomic E-state index is 12.0. The fourth-order valence-electron chi connectivity index (χ4n) is 3.54. The Morgan fingerprint density at radius 3 is 1.53 bits per heavy atom. The van der Waals surface area contributed by atoms with E-state index in [9.17, 15) is 18.0 Å². The molecule has 1 amide bonds. The first-order valence-corrected chi connectivity index (χ1v) is 14.3. The van der Waals surface area contributed by atoms with E-state index in [1.165, 1.54) is 90.6 Å². The molecule has 32 heavy (non-hydrogen) atoms. The Morgan fingerprint density at radius 1 is 0.750 bits per heavy atom. The van der Waals surface area contributed by atoms with E-state index >= 15 is 0 Å². The third-order valence-corrected chi connectivity index (χ3v) is 6.11. The summed E-state index contributed by atoms with van der Waals surface area (Å²) in [5, 5.41) is 2.57. The molecule has 1 N–H and O–H groups in total. The zero-order valence-corrected chi connectivity index (χ0v) is 21.5. The van der Waals surface area contributed by atoms with E-state index < -0.39 is 34.5 Å². The van der Waals surface area contributed by atoms with E-state index in [-0.39, 0.29) is 0 Å². The number of hydrogen-bond donors (Lipinski definition) is 1. The lowest BCUT2D eigenvalue weighted by Gasteiger charge is -2.13. The number of amides is 1. The van der Waals surface area contributed by atoms with Crippen LogP contribution in [-0.4, -0.2) is 52.7 Å². The molecule has 1 unspecified atom stereocenters. The fourth-order valence-corrected chi connectivity index (χ4v) is 3.92. The molecule has 0 fully saturated rings. The fraction of sp³-hybridized carbons (Fsp3) is 0.917. The quantitative estimate of drug-likeness (QED) is 0.127. The number of ether oxygens (including phenoxy) is 1. The predicted octanol–water partition coefficient (Wildman–Crippen LogP) is 4.92. The van der Waals surface area contributed by atoms with Crippen molar-refractivity contribution in [3.05, 3.63) is 0 Å². The van der Waals surface area contributed by atoms with Crippen LogP contribution >= 0.6 is 0 Å². The SMILES string of the molecule is CCCCCCCCCCCCCCCCCCNC(=O)C(=O)C(COS(C)(=O)=O)OC. The highest BCUT2D eigenvalue weighted by atomic mass is 32.2. The van der Waals surface area contributed by atoms with E-state index in [0.29, 0.717) is 6.54 Å². The van der Waals surface area contributed by atoms with Crippen LogP contribution in [0, 0.1) is 0 Å². The lowest BCUT2D eigenvalue weighted by molar-refractivity contribution is -0.144. The Labute approximate surface area is 196 Å². The maximum Gasteiger partial charge on any atom is 0.290 e. The van der Waals surface area contributed by atoms with Gasteiger partial charge in [-0.05, 0) is 6.42 Å². The number of carbonyl (C=O) groups is 2. The molecule has 0 heterocycles. The topological polar surface area (TPSA) is 98.8 Å². The van der Waals surface area contributed by atoms with E-state index in [1.807, 2.05) is 0 Å². The van der Waals surface area contributed by atoms with Gasteiger partial charge in [-0.15, -0.1) is 0 Å². The average molecular weight is 478 g/mol. The lowest BCUT2D eigenvalue weighted by atomic mass is 10.0. The maximum absolute atomic E-state index is 12.0. The number of methoxy groups -OCH3 is 1. The first-order valence-electron chi connectivity index (χ1n) is 12.5. The monoisotopic (exact) mass is 477 g/mol. The third kappa shape index (κ3) is 19.7. The van der Waals surface area contributed by atoms with Gasteiger partial charge in [-0.3, -0.25) is 13.8 Å². The van der Waals surface area contributed by atoms with Gasteiger partial charge in [-0.25, -0.2) is 0 Å². The van der Waals surface area contributed by atoms with Crippen molar-refractivity contribution in [2.75, 3.05) is 26.5 Å². The molecular formula is C24H47NO6S. The number of ketones is 1. The van der Waals surface area contributed by atoms with Crippen LogP contribution in [0.5, 0.6) is 0 Å². The van der Waals surface area contributed by atoms with Crippen molar-refractivity contribution in [2.45, 2.75) is 116 Å². The van der Waals surface area contributed by atoms with Crippen LogP contribution in [0.2, 0.25) is 0 Å². The van der Waals surface area contributed by atoms with E-state index in [0.717, 1.165) is 25.5 Å². The summed E-state index contributed by atoms with van der Waals surface area (Å²) in [5.41, 5.74) is 0. The highest BCUT2D eigenvalue weighted by Crippen LogP contribution is 2.13. The summed E-state index contributed by atoms with van der Waals surface area (Å²) in [5.74, 6) is -1.59. The van der Waals surface area contributed by atoms with Gasteiger partial charge in [0.05, 0.1) is 6.26 Å². The molecule has 0 radical (unpaired) electrons. The third-order valence-electron chi connectivity index (χ3n) is 5.55. The number of hydrogen-bond acceptors (Lipinski definition) is 6. The molecule has 0 aliphatic carbocycles. The van der Waals surface area contributed by atoms with Crippen LogP contribution in [0.4, 0.5) is 0 Å². The molecular weight excluding hydrogens is 430 g/mol. The number of unbranched alkanes of at least 4 members (excludes halogenated alkanes) is 15. The molecule has 0 aromatic heterocycles. The molecule has 0 spiro atoms. The second kappa shape index (κ2) is 20.6.